The minimum atomic E-state index is -0.702. The second-order valence-electron chi connectivity index (χ2n) is 8.96. The van der Waals surface area contributed by atoms with Crippen LogP contribution in [0.5, 0.6) is 17.5 Å². The van der Waals surface area contributed by atoms with Crippen molar-refractivity contribution in [3.63, 3.8) is 0 Å². The van der Waals surface area contributed by atoms with E-state index in [9.17, 15) is 9.59 Å². The number of nitrogens with one attached hydrogen (secondary N) is 2. The molecular weight excluding hydrogens is 574 g/mol. The summed E-state index contributed by atoms with van der Waals surface area (Å²) >= 11 is 3.30. The SMILES string of the molecule is COc1ccccc1NC(=O)C1=C(C)N(Cc2ccccc2)C(=O)NC1c1ccc(Oc2ncc(Br)cn2)cc1. The van der Waals surface area contributed by atoms with E-state index in [-0.39, 0.29) is 17.9 Å². The van der Waals surface area contributed by atoms with Crippen LogP contribution in [0.1, 0.15) is 24.1 Å². The fraction of sp³-hybridized carbons (Fsp3) is 0.133. The van der Waals surface area contributed by atoms with Crippen LogP contribution >= 0.6 is 15.9 Å². The van der Waals surface area contributed by atoms with E-state index in [1.807, 2.05) is 42.5 Å². The fourth-order valence-electron chi connectivity index (χ4n) is 4.41. The summed E-state index contributed by atoms with van der Waals surface area (Å²) in [6.07, 6.45) is 3.19. The lowest BCUT2D eigenvalue weighted by Gasteiger charge is -2.36. The monoisotopic (exact) mass is 599 g/mol. The number of benzene rings is 3. The molecule has 3 aromatic carbocycles. The Morgan fingerprint density at radius 3 is 2.38 bits per heavy atom. The van der Waals surface area contributed by atoms with Gasteiger partial charge < -0.3 is 20.1 Å². The highest BCUT2D eigenvalue weighted by Gasteiger charge is 2.36. The standard InChI is InChI=1S/C30H26BrN5O4/c1-19-26(28(37)34-24-10-6-7-11-25(24)39-2)27(35-30(38)36(19)18-20-8-4-3-5-9-20)21-12-14-23(15-13-21)40-29-32-16-22(31)17-33-29/h3-17,27H,18H2,1-2H3,(H,34,37)(H,35,38). The minimum Gasteiger partial charge on any atom is -0.495 e. The Bertz CT molecular complexity index is 1540. The lowest BCUT2D eigenvalue weighted by Crippen LogP contribution is -2.48. The van der Waals surface area contributed by atoms with Crippen LogP contribution in [0.3, 0.4) is 0 Å². The summed E-state index contributed by atoms with van der Waals surface area (Å²) in [5.41, 5.74) is 3.14. The van der Waals surface area contributed by atoms with Crippen LogP contribution in [0.25, 0.3) is 0 Å². The molecule has 1 aliphatic rings. The summed E-state index contributed by atoms with van der Waals surface area (Å²) in [6, 6.07) is 23.1. The van der Waals surface area contributed by atoms with E-state index >= 15 is 0 Å². The minimum absolute atomic E-state index is 0.200. The van der Waals surface area contributed by atoms with Crippen LogP contribution in [0.15, 0.2) is 107 Å². The second-order valence-corrected chi connectivity index (χ2v) is 9.88. The van der Waals surface area contributed by atoms with Crippen molar-refractivity contribution < 1.29 is 19.1 Å². The molecule has 1 aliphatic heterocycles. The number of rotatable bonds is 8. The molecule has 3 amide bonds. The van der Waals surface area contributed by atoms with E-state index in [1.165, 1.54) is 0 Å². The summed E-state index contributed by atoms with van der Waals surface area (Å²) < 4.78 is 11.9. The first-order valence-corrected chi connectivity index (χ1v) is 13.2. The van der Waals surface area contributed by atoms with Gasteiger partial charge in [0.1, 0.15) is 11.5 Å². The fourth-order valence-corrected chi connectivity index (χ4v) is 4.61. The van der Waals surface area contributed by atoms with Crippen molar-refractivity contribution >= 4 is 33.6 Å². The van der Waals surface area contributed by atoms with Gasteiger partial charge in [0, 0.05) is 18.1 Å². The largest absolute Gasteiger partial charge is 0.495 e. The third-order valence-corrected chi connectivity index (χ3v) is 6.81. The molecule has 1 aromatic heterocycles. The predicted molar refractivity (Wildman–Crippen MR) is 154 cm³/mol. The van der Waals surface area contributed by atoms with Crippen LogP contribution in [0.4, 0.5) is 10.5 Å². The van der Waals surface area contributed by atoms with E-state index in [1.54, 1.807) is 67.7 Å². The first kappa shape index (κ1) is 26.9. The highest BCUT2D eigenvalue weighted by Crippen LogP contribution is 2.34. The van der Waals surface area contributed by atoms with Crippen LogP contribution in [-0.2, 0) is 11.3 Å². The first-order valence-electron chi connectivity index (χ1n) is 12.5. The second kappa shape index (κ2) is 12.0. The van der Waals surface area contributed by atoms with E-state index in [4.69, 9.17) is 9.47 Å². The average molecular weight is 600 g/mol. The molecule has 4 aromatic rings. The number of hydrogen-bond acceptors (Lipinski definition) is 6. The van der Waals surface area contributed by atoms with E-state index < -0.39 is 6.04 Å². The highest BCUT2D eigenvalue weighted by atomic mass is 79.9. The Morgan fingerprint density at radius 2 is 1.68 bits per heavy atom. The van der Waals surface area contributed by atoms with Gasteiger partial charge in [-0.25, -0.2) is 14.8 Å². The molecule has 9 nitrogen and oxygen atoms in total. The summed E-state index contributed by atoms with van der Waals surface area (Å²) in [5, 5.41) is 5.98. The quantitative estimate of drug-likeness (QED) is 0.249. The maximum absolute atomic E-state index is 13.8. The van der Waals surface area contributed by atoms with Crippen LogP contribution in [0, 0.1) is 0 Å². The number of allylic oxidation sites excluding steroid dienone is 1. The molecular formula is C30H26BrN5O4. The van der Waals surface area contributed by atoms with Crippen molar-refractivity contribution in [2.24, 2.45) is 0 Å². The van der Waals surface area contributed by atoms with Crippen molar-refractivity contribution in [3.8, 4) is 17.5 Å². The van der Waals surface area contributed by atoms with Gasteiger partial charge in [0.25, 0.3) is 5.91 Å². The summed E-state index contributed by atoms with van der Waals surface area (Å²) in [7, 11) is 1.55. The maximum atomic E-state index is 13.8. The highest BCUT2D eigenvalue weighted by molar-refractivity contribution is 9.10. The third-order valence-electron chi connectivity index (χ3n) is 6.40. The molecule has 40 heavy (non-hydrogen) atoms. The molecule has 0 saturated heterocycles. The smallest absolute Gasteiger partial charge is 0.322 e. The number of methoxy groups -OCH3 is 1. The van der Waals surface area contributed by atoms with Gasteiger partial charge in [-0.15, -0.1) is 0 Å². The lowest BCUT2D eigenvalue weighted by atomic mass is 9.93. The number of nitrogens with zero attached hydrogens (tertiary/aromatic N) is 3. The molecule has 2 N–H and O–H groups in total. The molecule has 0 saturated carbocycles. The Labute approximate surface area is 240 Å². The Balaban J connectivity index is 1.48. The number of carbonyl (C=O) groups excluding carboxylic acids is 2. The van der Waals surface area contributed by atoms with Gasteiger partial charge in [-0.1, -0.05) is 54.6 Å². The van der Waals surface area contributed by atoms with Crippen molar-refractivity contribution in [2.45, 2.75) is 19.5 Å². The number of amides is 3. The summed E-state index contributed by atoms with van der Waals surface area (Å²) in [6.45, 7) is 2.10. The number of ether oxygens (including phenoxy) is 2. The van der Waals surface area contributed by atoms with Gasteiger partial charge in [0.15, 0.2) is 0 Å². The Kier molecular flexibility index (Phi) is 8.07. The lowest BCUT2D eigenvalue weighted by molar-refractivity contribution is -0.113. The van der Waals surface area contributed by atoms with E-state index in [0.29, 0.717) is 40.6 Å². The normalized spacial score (nSPS) is 14.9. The molecule has 202 valence electrons. The molecule has 1 atom stereocenters. The van der Waals surface area contributed by atoms with Crippen molar-refractivity contribution in [1.29, 1.82) is 0 Å². The molecule has 2 heterocycles. The summed E-state index contributed by atoms with van der Waals surface area (Å²) in [4.78, 5) is 37.0. The molecule has 0 fully saturated rings. The number of halogens is 1. The van der Waals surface area contributed by atoms with Gasteiger partial charge in [-0.05, 0) is 58.2 Å². The van der Waals surface area contributed by atoms with Crippen LogP contribution in [0.2, 0.25) is 0 Å². The van der Waals surface area contributed by atoms with Crippen LogP contribution in [-0.4, -0.2) is 33.9 Å². The average Bonchev–Trinajstić information content (AvgIpc) is 2.97. The topological polar surface area (TPSA) is 106 Å². The number of anilines is 1. The molecule has 0 aliphatic carbocycles. The molecule has 0 bridgehead atoms. The zero-order chi connectivity index (χ0) is 28.1. The van der Waals surface area contributed by atoms with E-state index in [0.717, 1.165) is 10.0 Å². The number of hydrogen-bond donors (Lipinski definition) is 2. The zero-order valence-corrected chi connectivity index (χ0v) is 23.4. The predicted octanol–water partition coefficient (Wildman–Crippen LogP) is 6.22. The molecule has 10 heteroatoms. The molecule has 1 unspecified atom stereocenters. The van der Waals surface area contributed by atoms with Gasteiger partial charge >= 0.3 is 12.0 Å². The summed E-state index contributed by atoms with van der Waals surface area (Å²) in [5.74, 6) is 0.691. The van der Waals surface area contributed by atoms with Gasteiger partial charge in [-0.3, -0.25) is 9.69 Å². The van der Waals surface area contributed by atoms with Crippen LogP contribution < -0.4 is 20.1 Å². The van der Waals surface area contributed by atoms with Gasteiger partial charge in [0.05, 0.1) is 35.4 Å². The van der Waals surface area contributed by atoms with Crippen molar-refractivity contribution in [2.75, 3.05) is 12.4 Å². The van der Waals surface area contributed by atoms with Gasteiger partial charge in [-0.2, -0.15) is 0 Å². The Hall–Kier alpha value is -4.70. The maximum Gasteiger partial charge on any atom is 0.322 e. The Morgan fingerprint density at radius 1 is 1.00 bits per heavy atom. The zero-order valence-electron chi connectivity index (χ0n) is 21.8. The number of carbonyl (C=O) groups is 2. The number of aromatic nitrogens is 2. The first-order chi connectivity index (χ1) is 19.4. The van der Waals surface area contributed by atoms with Crippen molar-refractivity contribution in [3.05, 3.63) is 118 Å². The molecule has 0 radical (unpaired) electrons. The number of urea groups is 1. The third kappa shape index (κ3) is 5.97. The van der Waals surface area contributed by atoms with Crippen molar-refractivity contribution in [1.82, 2.24) is 20.2 Å². The van der Waals surface area contributed by atoms with E-state index in [2.05, 4.69) is 36.5 Å². The van der Waals surface area contributed by atoms with Gasteiger partial charge in [0.2, 0.25) is 0 Å². The molecule has 5 rings (SSSR count). The molecule has 0 spiro atoms. The number of para-hydroxylation sites is 2.